The van der Waals surface area contributed by atoms with Crippen LogP contribution < -0.4 is 5.32 Å². The van der Waals surface area contributed by atoms with Crippen molar-refractivity contribution in [3.05, 3.63) is 22.9 Å². The molecule has 1 aromatic rings. The summed E-state index contributed by atoms with van der Waals surface area (Å²) in [4.78, 5) is 4.33. The number of aromatic nitrogens is 1. The first-order valence-corrected chi connectivity index (χ1v) is 6.25. The Morgan fingerprint density at radius 3 is 2.84 bits per heavy atom. The average Bonchev–Trinajstić information content (AvgIpc) is 2.43. The van der Waals surface area contributed by atoms with Gasteiger partial charge in [0.2, 0.25) is 0 Å². The largest absolute Gasteiger partial charge is 0.385 e. The maximum Gasteiger partial charge on any atom is 0.265 e. The van der Waals surface area contributed by atoms with Gasteiger partial charge < -0.3 is 10.4 Å². The van der Waals surface area contributed by atoms with Gasteiger partial charge in [-0.05, 0) is 37.3 Å². The Bertz CT molecular complexity index is 499. The van der Waals surface area contributed by atoms with Crippen molar-refractivity contribution < 1.29 is 13.9 Å². The Morgan fingerprint density at radius 2 is 2.16 bits per heavy atom. The number of pyridine rings is 1. The van der Waals surface area contributed by atoms with Crippen molar-refractivity contribution in [1.82, 2.24) is 4.98 Å². The molecule has 6 heteroatoms. The number of hydrogen-bond acceptors (Lipinski definition) is 4. The van der Waals surface area contributed by atoms with Crippen molar-refractivity contribution in [2.75, 3.05) is 11.9 Å². The Hall–Kier alpha value is -1.74. The SMILES string of the molecule is N#Cc1cc2c(nc1NCC(O)C(F)F)CCCC2. The fourth-order valence-electron chi connectivity index (χ4n) is 2.14. The normalized spacial score (nSPS) is 15.7. The van der Waals surface area contributed by atoms with E-state index in [1.54, 1.807) is 6.07 Å². The summed E-state index contributed by atoms with van der Waals surface area (Å²) in [6.07, 6.45) is -0.703. The molecule has 1 heterocycles. The second-order valence-corrected chi connectivity index (χ2v) is 4.59. The summed E-state index contributed by atoms with van der Waals surface area (Å²) in [5, 5.41) is 20.8. The van der Waals surface area contributed by atoms with Crippen LogP contribution in [0.15, 0.2) is 6.07 Å². The quantitative estimate of drug-likeness (QED) is 0.873. The summed E-state index contributed by atoms with van der Waals surface area (Å²) < 4.78 is 24.4. The van der Waals surface area contributed by atoms with Crippen LogP contribution in [0.25, 0.3) is 0 Å². The molecule has 19 heavy (non-hydrogen) atoms. The third-order valence-electron chi connectivity index (χ3n) is 3.19. The number of aryl methyl sites for hydroxylation is 2. The number of alkyl halides is 2. The highest BCUT2D eigenvalue weighted by atomic mass is 19.3. The lowest BCUT2D eigenvalue weighted by Gasteiger charge is -2.18. The highest BCUT2D eigenvalue weighted by molar-refractivity contribution is 5.54. The number of anilines is 1. The van der Waals surface area contributed by atoms with E-state index in [9.17, 15) is 8.78 Å². The van der Waals surface area contributed by atoms with Gasteiger partial charge in [-0.3, -0.25) is 0 Å². The maximum absolute atomic E-state index is 12.2. The Morgan fingerprint density at radius 1 is 1.42 bits per heavy atom. The molecule has 1 atom stereocenters. The lowest BCUT2D eigenvalue weighted by molar-refractivity contribution is 0.00380. The van der Waals surface area contributed by atoms with E-state index in [1.165, 1.54) is 0 Å². The molecule has 2 rings (SSSR count). The van der Waals surface area contributed by atoms with Crippen LogP contribution in [-0.4, -0.2) is 29.2 Å². The molecule has 1 unspecified atom stereocenters. The first kappa shape index (κ1) is 13.7. The minimum atomic E-state index is -2.81. The minimum Gasteiger partial charge on any atom is -0.385 e. The van der Waals surface area contributed by atoms with Crippen molar-refractivity contribution in [2.45, 2.75) is 38.2 Å². The summed E-state index contributed by atoms with van der Waals surface area (Å²) in [6, 6.07) is 3.77. The molecule has 0 amide bonds. The van der Waals surface area contributed by atoms with E-state index < -0.39 is 12.5 Å². The van der Waals surface area contributed by atoms with Crippen molar-refractivity contribution >= 4 is 5.82 Å². The van der Waals surface area contributed by atoms with E-state index >= 15 is 0 Å². The van der Waals surface area contributed by atoms with Gasteiger partial charge in [0.25, 0.3) is 6.43 Å². The number of nitriles is 1. The fourth-order valence-corrected chi connectivity index (χ4v) is 2.14. The molecule has 102 valence electrons. The van der Waals surface area contributed by atoms with Gasteiger partial charge in [0.05, 0.1) is 5.56 Å². The maximum atomic E-state index is 12.2. The van der Waals surface area contributed by atoms with Crippen LogP contribution in [0.3, 0.4) is 0 Å². The third kappa shape index (κ3) is 3.18. The van der Waals surface area contributed by atoms with Gasteiger partial charge in [0.1, 0.15) is 18.0 Å². The summed E-state index contributed by atoms with van der Waals surface area (Å²) in [6.45, 7) is -0.321. The van der Waals surface area contributed by atoms with Gasteiger partial charge in [-0.15, -0.1) is 0 Å². The molecule has 1 aliphatic carbocycles. The molecule has 0 bridgehead atoms. The summed E-state index contributed by atoms with van der Waals surface area (Å²) in [5.41, 5.74) is 2.31. The van der Waals surface area contributed by atoms with E-state index in [0.29, 0.717) is 5.56 Å². The van der Waals surface area contributed by atoms with Crippen LogP contribution >= 0.6 is 0 Å². The van der Waals surface area contributed by atoms with Gasteiger partial charge in [0, 0.05) is 12.2 Å². The summed E-state index contributed by atoms with van der Waals surface area (Å²) in [5.74, 6) is 0.280. The van der Waals surface area contributed by atoms with Gasteiger partial charge in [0.15, 0.2) is 0 Å². The first-order chi connectivity index (χ1) is 9.11. The Kier molecular flexibility index (Phi) is 4.27. The molecular weight excluding hydrogens is 252 g/mol. The monoisotopic (exact) mass is 267 g/mol. The third-order valence-corrected chi connectivity index (χ3v) is 3.19. The number of rotatable bonds is 4. The molecule has 0 spiro atoms. The molecule has 0 aromatic carbocycles. The van der Waals surface area contributed by atoms with E-state index in [1.807, 2.05) is 6.07 Å². The highest BCUT2D eigenvalue weighted by Crippen LogP contribution is 2.24. The van der Waals surface area contributed by atoms with Crippen LogP contribution in [0.4, 0.5) is 14.6 Å². The second kappa shape index (κ2) is 5.93. The number of halogens is 2. The standard InChI is InChI=1S/C13H15F2N3O/c14-12(15)11(19)7-17-13-9(6-16)5-8-3-1-2-4-10(8)18-13/h5,11-12,19H,1-4,7H2,(H,17,18). The van der Waals surface area contributed by atoms with Crippen molar-refractivity contribution in [2.24, 2.45) is 0 Å². The van der Waals surface area contributed by atoms with Crippen LogP contribution in [0.2, 0.25) is 0 Å². The smallest absolute Gasteiger partial charge is 0.265 e. The summed E-state index contributed by atoms with van der Waals surface area (Å²) >= 11 is 0. The molecule has 1 aliphatic rings. The number of aliphatic hydroxyl groups excluding tert-OH is 1. The Labute approximate surface area is 110 Å². The van der Waals surface area contributed by atoms with Gasteiger partial charge >= 0.3 is 0 Å². The van der Waals surface area contributed by atoms with Crippen LogP contribution in [0.5, 0.6) is 0 Å². The Balaban J connectivity index is 2.17. The predicted molar refractivity (Wildman–Crippen MR) is 66.1 cm³/mol. The molecule has 2 N–H and O–H groups in total. The van der Waals surface area contributed by atoms with Crippen molar-refractivity contribution in [1.29, 1.82) is 5.26 Å². The van der Waals surface area contributed by atoms with E-state index in [0.717, 1.165) is 36.9 Å². The molecule has 0 radical (unpaired) electrons. The average molecular weight is 267 g/mol. The number of fused-ring (bicyclic) bond motifs is 1. The molecule has 0 aliphatic heterocycles. The first-order valence-electron chi connectivity index (χ1n) is 6.25. The van der Waals surface area contributed by atoms with E-state index in [2.05, 4.69) is 10.3 Å². The van der Waals surface area contributed by atoms with E-state index in [4.69, 9.17) is 10.4 Å². The highest BCUT2D eigenvalue weighted by Gasteiger charge is 2.19. The van der Waals surface area contributed by atoms with E-state index in [-0.39, 0.29) is 12.4 Å². The number of aliphatic hydroxyl groups is 1. The molecule has 0 fully saturated rings. The fraction of sp³-hybridized carbons (Fsp3) is 0.538. The van der Waals surface area contributed by atoms with Crippen LogP contribution in [0, 0.1) is 11.3 Å². The zero-order valence-electron chi connectivity index (χ0n) is 10.4. The number of hydrogen-bond donors (Lipinski definition) is 2. The lowest BCUT2D eigenvalue weighted by Crippen LogP contribution is -2.27. The van der Waals surface area contributed by atoms with Crippen molar-refractivity contribution in [3.8, 4) is 6.07 Å². The minimum absolute atomic E-state index is 0.280. The molecular formula is C13H15F2N3O. The van der Waals surface area contributed by atoms with Crippen LogP contribution in [0.1, 0.15) is 29.7 Å². The second-order valence-electron chi connectivity index (χ2n) is 4.59. The van der Waals surface area contributed by atoms with Gasteiger partial charge in [-0.25, -0.2) is 13.8 Å². The molecule has 4 nitrogen and oxygen atoms in total. The molecule has 0 saturated heterocycles. The van der Waals surface area contributed by atoms with Crippen LogP contribution in [-0.2, 0) is 12.8 Å². The molecule has 1 aromatic heterocycles. The number of nitrogens with one attached hydrogen (secondary N) is 1. The summed E-state index contributed by atoms with van der Waals surface area (Å²) in [7, 11) is 0. The van der Waals surface area contributed by atoms with Gasteiger partial charge in [-0.2, -0.15) is 5.26 Å². The number of nitrogens with zero attached hydrogens (tertiary/aromatic N) is 2. The predicted octanol–water partition coefficient (Wildman–Crippen LogP) is 1.87. The molecule has 0 saturated carbocycles. The van der Waals surface area contributed by atoms with Crippen molar-refractivity contribution in [3.63, 3.8) is 0 Å². The van der Waals surface area contributed by atoms with Gasteiger partial charge in [-0.1, -0.05) is 0 Å². The zero-order chi connectivity index (χ0) is 13.8. The zero-order valence-corrected chi connectivity index (χ0v) is 10.4. The lowest BCUT2D eigenvalue weighted by atomic mass is 9.95. The topological polar surface area (TPSA) is 68.9 Å².